The topological polar surface area (TPSA) is 76.7 Å². The van der Waals surface area contributed by atoms with Gasteiger partial charge < -0.3 is 14.0 Å². The molecule has 0 aliphatic heterocycles. The molecule has 0 unspecified atom stereocenters. The van der Waals surface area contributed by atoms with Crippen molar-refractivity contribution in [1.82, 2.24) is 19.5 Å². The first-order valence-corrected chi connectivity index (χ1v) is 7.14. The lowest BCUT2D eigenvalue weighted by Crippen LogP contribution is -2.13. The Kier molecular flexibility index (Phi) is 2.85. The number of nitrogens with zero attached hydrogens (tertiary/aromatic N) is 3. The van der Waals surface area contributed by atoms with Gasteiger partial charge in [0.15, 0.2) is 7.28 Å². The summed E-state index contributed by atoms with van der Waals surface area (Å²) in [6, 6.07) is 5.94. The third-order valence-electron chi connectivity index (χ3n) is 3.74. The molecule has 0 amide bonds. The van der Waals surface area contributed by atoms with Crippen LogP contribution in [0.5, 0.6) is 0 Å². The van der Waals surface area contributed by atoms with Gasteiger partial charge in [0.05, 0.1) is 12.9 Å². The van der Waals surface area contributed by atoms with E-state index in [4.69, 9.17) is 4.42 Å². The van der Waals surface area contributed by atoms with Crippen LogP contribution in [0.1, 0.15) is 5.82 Å². The van der Waals surface area contributed by atoms with Crippen molar-refractivity contribution in [2.45, 2.75) is 13.4 Å². The largest absolute Gasteiger partial charge is 0.449 e. The van der Waals surface area contributed by atoms with Crippen molar-refractivity contribution in [3.8, 4) is 0 Å². The number of benzene rings is 1. The molecule has 0 aliphatic rings. The SMILES string of the molecule is CBc1ccc2oc3c(=O)[nH]c(Cn4ccnc4)nc3c2c1. The zero-order valence-electron chi connectivity index (χ0n) is 12.0. The predicted octanol–water partition coefficient (Wildman–Crippen LogP) is 1.02. The molecule has 3 aromatic heterocycles. The fraction of sp³-hybridized carbons (Fsp3) is 0.133. The summed E-state index contributed by atoms with van der Waals surface area (Å²) in [6.07, 6.45) is 5.21. The third-order valence-corrected chi connectivity index (χ3v) is 3.74. The van der Waals surface area contributed by atoms with Crippen LogP contribution < -0.4 is 11.0 Å². The van der Waals surface area contributed by atoms with Crippen LogP contribution in [0.25, 0.3) is 22.1 Å². The van der Waals surface area contributed by atoms with Crippen molar-refractivity contribution in [1.29, 1.82) is 0 Å². The molecular weight excluding hydrogens is 279 g/mol. The summed E-state index contributed by atoms with van der Waals surface area (Å²) in [6.45, 7) is 2.56. The van der Waals surface area contributed by atoms with Crippen LogP contribution in [0.3, 0.4) is 0 Å². The first-order valence-electron chi connectivity index (χ1n) is 7.14. The number of aromatic amines is 1. The van der Waals surface area contributed by atoms with Gasteiger partial charge >= 0.3 is 0 Å². The monoisotopic (exact) mass is 292 g/mol. The highest BCUT2D eigenvalue weighted by Gasteiger charge is 2.13. The molecule has 6 nitrogen and oxygen atoms in total. The average molecular weight is 292 g/mol. The summed E-state index contributed by atoms with van der Waals surface area (Å²) in [5.74, 6) is 0.583. The van der Waals surface area contributed by atoms with Gasteiger partial charge in [-0.25, -0.2) is 9.97 Å². The molecule has 0 aliphatic carbocycles. The van der Waals surface area contributed by atoms with Crippen molar-refractivity contribution in [3.63, 3.8) is 0 Å². The highest BCUT2D eigenvalue weighted by molar-refractivity contribution is 6.52. The van der Waals surface area contributed by atoms with Crippen LogP contribution in [0.4, 0.5) is 0 Å². The Morgan fingerprint density at radius 2 is 2.32 bits per heavy atom. The van der Waals surface area contributed by atoms with E-state index in [1.54, 1.807) is 12.5 Å². The molecule has 0 spiro atoms. The van der Waals surface area contributed by atoms with E-state index in [2.05, 4.69) is 21.8 Å². The van der Waals surface area contributed by atoms with E-state index < -0.39 is 0 Å². The molecule has 22 heavy (non-hydrogen) atoms. The van der Waals surface area contributed by atoms with Gasteiger partial charge in [-0.05, 0) is 6.07 Å². The first kappa shape index (κ1) is 12.9. The molecule has 0 bridgehead atoms. The van der Waals surface area contributed by atoms with Gasteiger partial charge in [0.2, 0.25) is 5.58 Å². The molecule has 7 heteroatoms. The Hall–Kier alpha value is -2.83. The molecule has 1 aromatic carbocycles. The lowest BCUT2D eigenvalue weighted by atomic mass is 9.73. The average Bonchev–Trinajstić information content (AvgIpc) is 3.15. The van der Waals surface area contributed by atoms with Crippen molar-refractivity contribution < 1.29 is 4.42 Å². The minimum atomic E-state index is -0.255. The van der Waals surface area contributed by atoms with Crippen LogP contribution in [-0.4, -0.2) is 26.8 Å². The van der Waals surface area contributed by atoms with Crippen molar-refractivity contribution in [2.24, 2.45) is 0 Å². The van der Waals surface area contributed by atoms with E-state index in [1.165, 1.54) is 5.46 Å². The molecular formula is C15H13BN4O2. The van der Waals surface area contributed by atoms with E-state index in [1.807, 2.05) is 29.0 Å². The molecule has 3 heterocycles. The fourth-order valence-electron chi connectivity index (χ4n) is 2.60. The van der Waals surface area contributed by atoms with E-state index >= 15 is 0 Å². The van der Waals surface area contributed by atoms with Gasteiger partial charge in [-0.3, -0.25) is 4.79 Å². The van der Waals surface area contributed by atoms with Crippen molar-refractivity contribution in [3.05, 3.63) is 53.1 Å². The highest BCUT2D eigenvalue weighted by atomic mass is 16.3. The standard InChI is InChI=1S/C15H13BN4O2/c1-16-9-2-3-11-10(6-9)13-14(22-11)15(21)19-12(18-13)7-20-5-4-17-8-20/h2-6,8,16H,7H2,1H3,(H,18,19,21). The van der Waals surface area contributed by atoms with Gasteiger partial charge in [-0.1, -0.05) is 24.4 Å². The maximum atomic E-state index is 12.2. The van der Waals surface area contributed by atoms with E-state index in [0.29, 0.717) is 23.5 Å². The molecule has 4 aromatic rings. The summed E-state index contributed by atoms with van der Waals surface area (Å²) < 4.78 is 7.50. The summed E-state index contributed by atoms with van der Waals surface area (Å²) >= 11 is 0. The Balaban J connectivity index is 1.94. The smallest absolute Gasteiger partial charge is 0.294 e. The molecule has 108 valence electrons. The summed E-state index contributed by atoms with van der Waals surface area (Å²) in [7, 11) is 0.924. The summed E-state index contributed by atoms with van der Waals surface area (Å²) in [5.41, 5.74) is 2.51. The lowest BCUT2D eigenvalue weighted by molar-refractivity contribution is 0.656. The van der Waals surface area contributed by atoms with Crippen LogP contribution in [0, 0.1) is 0 Å². The Morgan fingerprint density at radius 3 is 3.09 bits per heavy atom. The van der Waals surface area contributed by atoms with Gasteiger partial charge in [0.25, 0.3) is 5.56 Å². The van der Waals surface area contributed by atoms with Crippen LogP contribution in [0.15, 0.2) is 46.1 Å². The van der Waals surface area contributed by atoms with E-state index in [0.717, 1.165) is 12.7 Å². The minimum Gasteiger partial charge on any atom is -0.449 e. The van der Waals surface area contributed by atoms with Crippen molar-refractivity contribution >= 4 is 34.8 Å². The highest BCUT2D eigenvalue weighted by Crippen LogP contribution is 2.23. The quantitative estimate of drug-likeness (QED) is 0.572. The Labute approximate surface area is 126 Å². The maximum Gasteiger partial charge on any atom is 0.294 e. The van der Waals surface area contributed by atoms with Crippen molar-refractivity contribution in [2.75, 3.05) is 0 Å². The second-order valence-electron chi connectivity index (χ2n) is 5.21. The molecule has 0 atom stereocenters. The zero-order valence-corrected chi connectivity index (χ0v) is 12.0. The number of H-pyrrole nitrogens is 1. The second-order valence-corrected chi connectivity index (χ2v) is 5.21. The van der Waals surface area contributed by atoms with E-state index in [9.17, 15) is 4.79 Å². The van der Waals surface area contributed by atoms with Crippen LogP contribution >= 0.6 is 0 Å². The van der Waals surface area contributed by atoms with Crippen LogP contribution in [0.2, 0.25) is 6.82 Å². The molecule has 0 fully saturated rings. The number of fused-ring (bicyclic) bond motifs is 3. The normalized spacial score (nSPS) is 11.3. The summed E-state index contributed by atoms with van der Waals surface area (Å²) in [4.78, 5) is 23.6. The zero-order chi connectivity index (χ0) is 15.1. The summed E-state index contributed by atoms with van der Waals surface area (Å²) in [5, 5.41) is 0.882. The number of nitrogens with one attached hydrogen (secondary N) is 1. The van der Waals surface area contributed by atoms with Gasteiger partial charge in [0.1, 0.15) is 16.9 Å². The number of furan rings is 1. The lowest BCUT2D eigenvalue weighted by Gasteiger charge is -2.01. The predicted molar refractivity (Wildman–Crippen MR) is 86.1 cm³/mol. The minimum absolute atomic E-state index is 0.255. The number of imidazole rings is 1. The molecule has 0 saturated carbocycles. The molecule has 0 saturated heterocycles. The number of aromatic nitrogens is 4. The Morgan fingerprint density at radius 1 is 1.41 bits per heavy atom. The Bertz CT molecular complexity index is 1020. The molecule has 0 radical (unpaired) electrons. The number of hydrogen-bond donors (Lipinski definition) is 1. The fourth-order valence-corrected chi connectivity index (χ4v) is 2.60. The van der Waals surface area contributed by atoms with Crippen LogP contribution in [-0.2, 0) is 6.54 Å². The van der Waals surface area contributed by atoms with E-state index in [-0.39, 0.29) is 11.1 Å². The van der Waals surface area contributed by atoms with Gasteiger partial charge in [-0.2, -0.15) is 0 Å². The number of hydrogen-bond acceptors (Lipinski definition) is 4. The molecule has 4 rings (SSSR count). The second kappa shape index (κ2) is 4.87. The maximum absolute atomic E-state index is 12.2. The number of rotatable bonds is 3. The van der Waals surface area contributed by atoms with Gasteiger partial charge in [0, 0.05) is 17.8 Å². The third kappa shape index (κ3) is 2.02. The van der Waals surface area contributed by atoms with Gasteiger partial charge in [-0.15, -0.1) is 0 Å². The molecule has 1 N–H and O–H groups in total. The first-order chi connectivity index (χ1) is 10.7.